The summed E-state index contributed by atoms with van der Waals surface area (Å²) < 4.78 is 1.55. The zero-order valence-electron chi connectivity index (χ0n) is 16.3. The largest absolute Gasteiger partial charge is 0.341 e. The fraction of sp³-hybridized carbons (Fsp3) is 0.130. The molecule has 1 heterocycles. The van der Waals surface area contributed by atoms with Gasteiger partial charge < -0.3 is 5.32 Å². The van der Waals surface area contributed by atoms with Crippen molar-refractivity contribution in [2.45, 2.75) is 19.9 Å². The van der Waals surface area contributed by atoms with Crippen molar-refractivity contribution in [2.75, 3.05) is 0 Å². The van der Waals surface area contributed by atoms with Crippen LogP contribution in [0.3, 0.4) is 0 Å². The van der Waals surface area contributed by atoms with Crippen LogP contribution in [0.25, 0.3) is 5.69 Å². The molecule has 0 fully saturated rings. The Morgan fingerprint density at radius 3 is 2.31 bits per heavy atom. The van der Waals surface area contributed by atoms with E-state index in [-0.39, 0.29) is 11.9 Å². The van der Waals surface area contributed by atoms with Crippen molar-refractivity contribution in [3.05, 3.63) is 107 Å². The van der Waals surface area contributed by atoms with Gasteiger partial charge in [0, 0.05) is 5.56 Å². The van der Waals surface area contributed by atoms with E-state index in [2.05, 4.69) is 52.9 Å². The number of rotatable bonds is 5. The summed E-state index contributed by atoms with van der Waals surface area (Å²) in [6.07, 6.45) is 1.51. The normalized spacial score (nSPS) is 11.8. The lowest BCUT2D eigenvalue weighted by Crippen LogP contribution is -2.29. The summed E-state index contributed by atoms with van der Waals surface area (Å²) in [5, 5.41) is 14.3. The number of carbonyl (C=O) groups excluding carboxylic acids is 1. The van der Waals surface area contributed by atoms with Crippen LogP contribution in [-0.2, 0) is 0 Å². The van der Waals surface area contributed by atoms with Crippen LogP contribution >= 0.6 is 0 Å². The summed E-state index contributed by atoms with van der Waals surface area (Å²) >= 11 is 0. The molecule has 0 bridgehead atoms. The lowest BCUT2D eigenvalue weighted by atomic mass is 9.95. The summed E-state index contributed by atoms with van der Waals surface area (Å²) in [7, 11) is 0. The summed E-state index contributed by atoms with van der Waals surface area (Å²) in [4.78, 5) is 13.0. The first-order valence-corrected chi connectivity index (χ1v) is 9.38. The van der Waals surface area contributed by atoms with Crippen LogP contribution in [-0.4, -0.2) is 26.1 Å². The second-order valence-corrected chi connectivity index (χ2v) is 6.96. The van der Waals surface area contributed by atoms with Crippen LogP contribution in [0.5, 0.6) is 0 Å². The van der Waals surface area contributed by atoms with Gasteiger partial charge in [-0.25, -0.2) is 4.68 Å². The average Bonchev–Trinajstić information content (AvgIpc) is 3.30. The van der Waals surface area contributed by atoms with Gasteiger partial charge in [0.1, 0.15) is 6.33 Å². The Hall–Kier alpha value is -3.80. The smallest absolute Gasteiger partial charge is 0.252 e. The highest BCUT2D eigenvalue weighted by Gasteiger charge is 2.18. The van der Waals surface area contributed by atoms with E-state index >= 15 is 0 Å². The number of nitrogens with zero attached hydrogens (tertiary/aromatic N) is 4. The van der Waals surface area contributed by atoms with E-state index in [0.29, 0.717) is 5.56 Å². The molecule has 1 amide bonds. The molecular weight excluding hydrogens is 362 g/mol. The molecule has 3 aromatic carbocycles. The van der Waals surface area contributed by atoms with Gasteiger partial charge in [0.15, 0.2) is 0 Å². The fourth-order valence-corrected chi connectivity index (χ4v) is 3.21. The van der Waals surface area contributed by atoms with Crippen molar-refractivity contribution >= 4 is 5.91 Å². The third-order valence-corrected chi connectivity index (χ3v) is 5.02. The highest BCUT2D eigenvalue weighted by atomic mass is 16.1. The number of benzene rings is 3. The molecule has 0 radical (unpaired) electrons. The highest BCUT2D eigenvalue weighted by Crippen LogP contribution is 2.24. The molecule has 0 unspecified atom stereocenters. The van der Waals surface area contributed by atoms with Gasteiger partial charge >= 0.3 is 0 Å². The van der Waals surface area contributed by atoms with E-state index < -0.39 is 0 Å². The Morgan fingerprint density at radius 2 is 1.66 bits per heavy atom. The van der Waals surface area contributed by atoms with Crippen molar-refractivity contribution in [3.8, 4) is 5.69 Å². The summed E-state index contributed by atoms with van der Waals surface area (Å²) in [6.45, 7) is 4.17. The molecular formula is C23H21N5O. The van der Waals surface area contributed by atoms with E-state index in [1.165, 1.54) is 17.5 Å². The number of hydrogen-bond donors (Lipinski definition) is 1. The van der Waals surface area contributed by atoms with Crippen LogP contribution < -0.4 is 5.32 Å². The second kappa shape index (κ2) is 8.06. The monoisotopic (exact) mass is 383 g/mol. The van der Waals surface area contributed by atoms with Gasteiger partial charge in [-0.15, -0.1) is 5.10 Å². The molecule has 6 heteroatoms. The molecule has 6 nitrogen and oxygen atoms in total. The molecule has 29 heavy (non-hydrogen) atoms. The van der Waals surface area contributed by atoms with Gasteiger partial charge in [0.05, 0.1) is 11.7 Å². The SMILES string of the molecule is Cc1ccc([C@@H](NC(=O)c2ccc(-n3cnnn3)cc2)c2ccccc2)cc1C. The van der Waals surface area contributed by atoms with Gasteiger partial charge in [-0.1, -0.05) is 48.5 Å². The van der Waals surface area contributed by atoms with Gasteiger partial charge in [0.25, 0.3) is 5.91 Å². The third-order valence-electron chi connectivity index (χ3n) is 5.02. The maximum absolute atomic E-state index is 13.0. The molecule has 0 aliphatic rings. The Balaban J connectivity index is 1.62. The predicted octanol–water partition coefficient (Wildman–Crippen LogP) is 3.80. The Morgan fingerprint density at radius 1 is 0.897 bits per heavy atom. The average molecular weight is 383 g/mol. The quantitative estimate of drug-likeness (QED) is 0.569. The van der Waals surface area contributed by atoms with Crippen LogP contribution in [0.15, 0.2) is 79.1 Å². The molecule has 4 aromatic rings. The Bertz CT molecular complexity index is 1110. The second-order valence-electron chi connectivity index (χ2n) is 6.96. The first-order valence-electron chi connectivity index (χ1n) is 9.38. The predicted molar refractivity (Wildman–Crippen MR) is 111 cm³/mol. The standard InChI is InChI=1S/C23H21N5O/c1-16-8-9-20(14-17(16)2)22(18-6-4-3-5-7-18)25-23(29)19-10-12-21(13-11-19)28-15-24-26-27-28/h3-15,22H,1-2H3,(H,25,29)/t22-/m0/s1. The number of tetrazole rings is 1. The van der Waals surface area contributed by atoms with Crippen molar-refractivity contribution < 1.29 is 4.79 Å². The minimum absolute atomic E-state index is 0.139. The van der Waals surface area contributed by atoms with Gasteiger partial charge in [-0.05, 0) is 70.8 Å². The minimum atomic E-state index is -0.234. The topological polar surface area (TPSA) is 72.7 Å². The summed E-state index contributed by atoms with van der Waals surface area (Å²) in [5.41, 5.74) is 5.88. The molecule has 0 aliphatic carbocycles. The molecule has 0 saturated heterocycles. The molecule has 0 spiro atoms. The number of nitrogens with one attached hydrogen (secondary N) is 1. The number of carbonyl (C=O) groups is 1. The zero-order chi connectivity index (χ0) is 20.2. The van der Waals surface area contributed by atoms with Crippen molar-refractivity contribution in [3.63, 3.8) is 0 Å². The van der Waals surface area contributed by atoms with Gasteiger partial charge in [-0.2, -0.15) is 0 Å². The molecule has 1 aromatic heterocycles. The van der Waals surface area contributed by atoms with E-state index in [1.54, 1.807) is 16.8 Å². The zero-order valence-corrected chi connectivity index (χ0v) is 16.3. The van der Waals surface area contributed by atoms with Crippen molar-refractivity contribution in [2.24, 2.45) is 0 Å². The van der Waals surface area contributed by atoms with Crippen LogP contribution in [0.2, 0.25) is 0 Å². The van der Waals surface area contributed by atoms with E-state index in [0.717, 1.165) is 16.8 Å². The van der Waals surface area contributed by atoms with E-state index in [4.69, 9.17) is 0 Å². The van der Waals surface area contributed by atoms with Crippen LogP contribution in [0, 0.1) is 13.8 Å². The van der Waals surface area contributed by atoms with E-state index in [9.17, 15) is 4.79 Å². The van der Waals surface area contributed by atoms with Crippen LogP contribution in [0.4, 0.5) is 0 Å². The van der Waals surface area contributed by atoms with Gasteiger partial charge in [-0.3, -0.25) is 4.79 Å². The number of hydrogen-bond acceptors (Lipinski definition) is 4. The summed E-state index contributed by atoms with van der Waals surface area (Å²) in [5.74, 6) is -0.139. The number of aryl methyl sites for hydroxylation is 2. The molecule has 4 rings (SSSR count). The lowest BCUT2D eigenvalue weighted by Gasteiger charge is -2.21. The molecule has 0 aliphatic heterocycles. The summed E-state index contributed by atoms with van der Waals surface area (Å²) in [6, 6.07) is 23.2. The van der Waals surface area contributed by atoms with Gasteiger partial charge in [0.2, 0.25) is 0 Å². The Kier molecular flexibility index (Phi) is 5.16. The van der Waals surface area contributed by atoms with Crippen molar-refractivity contribution in [1.82, 2.24) is 25.5 Å². The lowest BCUT2D eigenvalue weighted by molar-refractivity contribution is 0.0943. The molecule has 1 atom stereocenters. The fourth-order valence-electron chi connectivity index (χ4n) is 3.21. The maximum Gasteiger partial charge on any atom is 0.252 e. The molecule has 1 N–H and O–H groups in total. The maximum atomic E-state index is 13.0. The van der Waals surface area contributed by atoms with E-state index in [1.807, 2.05) is 42.5 Å². The number of aromatic nitrogens is 4. The minimum Gasteiger partial charge on any atom is -0.341 e. The molecule has 144 valence electrons. The molecule has 0 saturated carbocycles. The number of amides is 1. The van der Waals surface area contributed by atoms with Crippen molar-refractivity contribution in [1.29, 1.82) is 0 Å². The third kappa shape index (κ3) is 4.06. The Labute approximate surface area is 169 Å². The van der Waals surface area contributed by atoms with Crippen LogP contribution in [0.1, 0.15) is 38.7 Å². The first kappa shape index (κ1) is 18.6. The first-order chi connectivity index (χ1) is 14.1. The highest BCUT2D eigenvalue weighted by molar-refractivity contribution is 5.94.